The van der Waals surface area contributed by atoms with Gasteiger partial charge in [0.15, 0.2) is 0 Å². The first kappa shape index (κ1) is 17.9. The highest BCUT2D eigenvalue weighted by Crippen LogP contribution is 2.10. The van der Waals surface area contributed by atoms with E-state index >= 15 is 0 Å². The quantitative estimate of drug-likeness (QED) is 0.712. The van der Waals surface area contributed by atoms with Crippen LogP contribution in [0.4, 0.5) is 0 Å². The first-order chi connectivity index (χ1) is 12.5. The summed E-state index contributed by atoms with van der Waals surface area (Å²) in [5, 5.41) is 11.7. The molecule has 1 aromatic carbocycles. The molecule has 1 amide bonds. The molecule has 0 fully saturated rings. The average molecular weight is 351 g/mol. The number of rotatable bonds is 7. The number of benzene rings is 1. The van der Waals surface area contributed by atoms with E-state index in [0.717, 1.165) is 29.1 Å². The average Bonchev–Trinajstić information content (AvgIpc) is 3.16. The first-order valence-electron chi connectivity index (χ1n) is 8.84. The van der Waals surface area contributed by atoms with Crippen molar-refractivity contribution in [3.63, 3.8) is 0 Å². The second-order valence-electron chi connectivity index (χ2n) is 6.71. The summed E-state index contributed by atoms with van der Waals surface area (Å²) in [6, 6.07) is 10.3. The fourth-order valence-corrected chi connectivity index (χ4v) is 2.94. The van der Waals surface area contributed by atoms with Crippen LogP contribution in [-0.2, 0) is 24.4 Å². The predicted octanol–water partition coefficient (Wildman–Crippen LogP) is 2.76. The lowest BCUT2D eigenvalue weighted by Gasteiger charge is -2.09. The molecular formula is C20H25N5O. The molecule has 0 spiro atoms. The maximum Gasteiger partial charge on any atom is 0.222 e. The van der Waals surface area contributed by atoms with Crippen LogP contribution >= 0.6 is 0 Å². The van der Waals surface area contributed by atoms with Gasteiger partial charge in [-0.3, -0.25) is 14.2 Å². The van der Waals surface area contributed by atoms with E-state index in [0.29, 0.717) is 19.5 Å². The van der Waals surface area contributed by atoms with Crippen LogP contribution in [0.2, 0.25) is 0 Å². The SMILES string of the molecule is Cc1cnn(CCC(=O)NCc2cccc(Cn3nc(C)cc3C)c2)c1. The molecule has 3 aromatic rings. The van der Waals surface area contributed by atoms with Gasteiger partial charge in [0.25, 0.3) is 0 Å². The third-order valence-electron chi connectivity index (χ3n) is 4.25. The highest BCUT2D eigenvalue weighted by atomic mass is 16.1. The molecule has 0 aliphatic heterocycles. The van der Waals surface area contributed by atoms with Gasteiger partial charge in [-0.2, -0.15) is 10.2 Å². The summed E-state index contributed by atoms with van der Waals surface area (Å²) in [5.74, 6) is 0.0297. The summed E-state index contributed by atoms with van der Waals surface area (Å²) in [6.07, 6.45) is 4.16. The van der Waals surface area contributed by atoms with Crippen LogP contribution in [0.5, 0.6) is 0 Å². The normalized spacial score (nSPS) is 10.9. The van der Waals surface area contributed by atoms with Gasteiger partial charge < -0.3 is 5.32 Å². The smallest absolute Gasteiger partial charge is 0.222 e. The lowest BCUT2D eigenvalue weighted by Crippen LogP contribution is -2.24. The Balaban J connectivity index is 1.51. The molecule has 0 atom stereocenters. The molecule has 1 N–H and O–H groups in total. The Kier molecular flexibility index (Phi) is 5.51. The molecule has 136 valence electrons. The maximum atomic E-state index is 12.1. The van der Waals surface area contributed by atoms with Crippen molar-refractivity contribution in [2.75, 3.05) is 0 Å². The van der Waals surface area contributed by atoms with Crippen LogP contribution in [0, 0.1) is 20.8 Å². The zero-order valence-corrected chi connectivity index (χ0v) is 15.6. The molecule has 0 aliphatic rings. The van der Waals surface area contributed by atoms with Crippen LogP contribution in [0.1, 0.15) is 34.5 Å². The van der Waals surface area contributed by atoms with Gasteiger partial charge in [-0.1, -0.05) is 24.3 Å². The summed E-state index contributed by atoms with van der Waals surface area (Å²) in [6.45, 7) is 7.91. The first-order valence-corrected chi connectivity index (χ1v) is 8.84. The van der Waals surface area contributed by atoms with Gasteiger partial charge in [-0.25, -0.2) is 0 Å². The minimum absolute atomic E-state index is 0.0297. The van der Waals surface area contributed by atoms with Crippen LogP contribution < -0.4 is 5.32 Å². The number of hydrogen-bond acceptors (Lipinski definition) is 3. The summed E-state index contributed by atoms with van der Waals surface area (Å²) >= 11 is 0. The lowest BCUT2D eigenvalue weighted by atomic mass is 10.1. The molecule has 0 saturated carbocycles. The van der Waals surface area contributed by atoms with E-state index in [1.165, 1.54) is 5.56 Å². The summed E-state index contributed by atoms with van der Waals surface area (Å²) < 4.78 is 3.79. The maximum absolute atomic E-state index is 12.1. The number of nitrogens with one attached hydrogen (secondary N) is 1. The zero-order valence-electron chi connectivity index (χ0n) is 15.6. The van der Waals surface area contributed by atoms with Gasteiger partial charge in [0.2, 0.25) is 5.91 Å². The third-order valence-corrected chi connectivity index (χ3v) is 4.25. The molecule has 6 heteroatoms. The number of hydrogen-bond donors (Lipinski definition) is 1. The van der Waals surface area contributed by atoms with Crippen molar-refractivity contribution >= 4 is 5.91 Å². The Hall–Kier alpha value is -2.89. The molecule has 3 rings (SSSR count). The lowest BCUT2D eigenvalue weighted by molar-refractivity contribution is -0.121. The molecule has 0 saturated heterocycles. The van der Waals surface area contributed by atoms with Gasteiger partial charge >= 0.3 is 0 Å². The summed E-state index contributed by atoms with van der Waals surface area (Å²) in [4.78, 5) is 12.1. The molecular weight excluding hydrogens is 326 g/mol. The highest BCUT2D eigenvalue weighted by molar-refractivity contribution is 5.75. The topological polar surface area (TPSA) is 64.7 Å². The van der Waals surface area contributed by atoms with Crippen LogP contribution in [0.3, 0.4) is 0 Å². The summed E-state index contributed by atoms with van der Waals surface area (Å²) in [5.41, 5.74) is 5.54. The van der Waals surface area contributed by atoms with E-state index in [4.69, 9.17) is 0 Å². The van der Waals surface area contributed by atoms with E-state index in [9.17, 15) is 4.79 Å². The van der Waals surface area contributed by atoms with Crippen molar-refractivity contribution < 1.29 is 4.79 Å². The Bertz CT molecular complexity index is 893. The van der Waals surface area contributed by atoms with Crippen molar-refractivity contribution in [3.8, 4) is 0 Å². The Morgan fingerprint density at radius 1 is 1.15 bits per heavy atom. The standard InChI is InChI=1S/C20H25N5O/c1-15-11-22-24(13-15)8-7-20(26)21-12-18-5-4-6-19(10-18)14-25-17(3)9-16(2)23-25/h4-6,9-11,13H,7-8,12,14H2,1-3H3,(H,21,26). The number of carbonyl (C=O) groups is 1. The van der Waals surface area contributed by atoms with Crippen LogP contribution in [-0.4, -0.2) is 25.5 Å². The monoisotopic (exact) mass is 351 g/mol. The fraction of sp³-hybridized carbons (Fsp3) is 0.350. The molecule has 0 radical (unpaired) electrons. The van der Waals surface area contributed by atoms with Crippen molar-refractivity contribution in [1.82, 2.24) is 24.9 Å². The van der Waals surface area contributed by atoms with Gasteiger partial charge in [0, 0.05) is 31.4 Å². The van der Waals surface area contributed by atoms with Gasteiger partial charge in [0.1, 0.15) is 0 Å². The molecule has 0 bridgehead atoms. The summed E-state index contributed by atoms with van der Waals surface area (Å²) in [7, 11) is 0. The van der Waals surface area contributed by atoms with Gasteiger partial charge in [-0.15, -0.1) is 0 Å². The van der Waals surface area contributed by atoms with Crippen molar-refractivity contribution in [2.24, 2.45) is 0 Å². The van der Waals surface area contributed by atoms with Gasteiger partial charge in [0.05, 0.1) is 18.4 Å². The zero-order chi connectivity index (χ0) is 18.5. The number of nitrogens with zero attached hydrogens (tertiary/aromatic N) is 4. The largest absolute Gasteiger partial charge is 0.352 e. The van der Waals surface area contributed by atoms with Crippen molar-refractivity contribution in [2.45, 2.75) is 46.8 Å². The minimum Gasteiger partial charge on any atom is -0.352 e. The molecule has 26 heavy (non-hydrogen) atoms. The molecule has 2 heterocycles. The van der Waals surface area contributed by atoms with E-state index < -0.39 is 0 Å². The van der Waals surface area contributed by atoms with Crippen molar-refractivity contribution in [3.05, 3.63) is 70.8 Å². The van der Waals surface area contributed by atoms with E-state index in [-0.39, 0.29) is 5.91 Å². The van der Waals surface area contributed by atoms with E-state index in [1.807, 2.05) is 36.9 Å². The Morgan fingerprint density at radius 3 is 2.65 bits per heavy atom. The van der Waals surface area contributed by atoms with Crippen LogP contribution in [0.25, 0.3) is 0 Å². The van der Waals surface area contributed by atoms with Gasteiger partial charge in [-0.05, 0) is 43.5 Å². The Labute approximate surface area is 153 Å². The molecule has 2 aromatic heterocycles. The van der Waals surface area contributed by atoms with E-state index in [1.54, 1.807) is 10.9 Å². The second kappa shape index (κ2) is 7.99. The predicted molar refractivity (Wildman–Crippen MR) is 101 cm³/mol. The van der Waals surface area contributed by atoms with Crippen molar-refractivity contribution in [1.29, 1.82) is 0 Å². The molecule has 0 aliphatic carbocycles. The minimum atomic E-state index is 0.0297. The number of carbonyl (C=O) groups excluding carboxylic acids is 1. The second-order valence-corrected chi connectivity index (χ2v) is 6.71. The molecule has 0 unspecified atom stereocenters. The Morgan fingerprint density at radius 2 is 1.96 bits per heavy atom. The molecule has 6 nitrogen and oxygen atoms in total. The van der Waals surface area contributed by atoms with Crippen LogP contribution in [0.15, 0.2) is 42.7 Å². The highest BCUT2D eigenvalue weighted by Gasteiger charge is 2.05. The number of aromatic nitrogens is 4. The third kappa shape index (κ3) is 4.81. The van der Waals surface area contributed by atoms with E-state index in [2.05, 4.69) is 40.6 Å². The number of amides is 1. The fourth-order valence-electron chi connectivity index (χ4n) is 2.94. The number of aryl methyl sites for hydroxylation is 4.